The maximum atomic E-state index is 13.1. The predicted octanol–water partition coefficient (Wildman–Crippen LogP) is 2.09. The first-order chi connectivity index (χ1) is 12.5. The van der Waals surface area contributed by atoms with Crippen LogP contribution in [0.3, 0.4) is 0 Å². The highest BCUT2D eigenvalue weighted by atomic mass is 19.1. The zero-order valence-electron chi connectivity index (χ0n) is 13.9. The van der Waals surface area contributed by atoms with E-state index < -0.39 is 17.6 Å². The second-order valence-electron chi connectivity index (χ2n) is 6.07. The van der Waals surface area contributed by atoms with Crippen molar-refractivity contribution in [2.24, 2.45) is 0 Å². The van der Waals surface area contributed by atoms with E-state index in [1.165, 1.54) is 18.2 Å². The largest absolute Gasteiger partial charge is 0.349 e. The number of halogens is 1. The number of carbonyl (C=O) groups is 3. The van der Waals surface area contributed by atoms with Crippen molar-refractivity contribution in [1.29, 1.82) is 0 Å². The molecular weight excluding hydrogens is 337 g/mol. The molecule has 0 spiro atoms. The van der Waals surface area contributed by atoms with Crippen molar-refractivity contribution in [3.63, 3.8) is 0 Å². The molecule has 0 aromatic heterocycles. The van der Waals surface area contributed by atoms with Crippen LogP contribution in [-0.2, 0) is 4.79 Å². The number of hydrogen-bond acceptors (Lipinski definition) is 3. The minimum absolute atomic E-state index is 0.136. The lowest BCUT2D eigenvalue weighted by atomic mass is 10.2. The van der Waals surface area contributed by atoms with Crippen LogP contribution in [-0.4, -0.2) is 30.3 Å². The molecule has 1 fully saturated rings. The number of benzene rings is 2. The van der Waals surface area contributed by atoms with Gasteiger partial charge in [-0.05, 0) is 49.2 Å². The molecule has 0 bridgehead atoms. The molecule has 2 aromatic rings. The van der Waals surface area contributed by atoms with E-state index in [2.05, 4.69) is 16.0 Å². The Hall–Kier alpha value is -3.22. The van der Waals surface area contributed by atoms with Crippen molar-refractivity contribution in [3.8, 4) is 0 Å². The number of hydrogen-bond donors (Lipinski definition) is 3. The average molecular weight is 355 g/mol. The minimum atomic E-state index is -0.544. The Bertz CT molecular complexity index is 849. The summed E-state index contributed by atoms with van der Waals surface area (Å²) in [5, 5.41) is 7.91. The number of nitrogens with one attached hydrogen (secondary N) is 3. The van der Waals surface area contributed by atoms with E-state index in [4.69, 9.17) is 0 Å². The molecule has 0 heterocycles. The van der Waals surface area contributed by atoms with Gasteiger partial charge in [0.05, 0.1) is 6.54 Å². The van der Waals surface area contributed by atoms with Crippen LogP contribution in [0.25, 0.3) is 0 Å². The van der Waals surface area contributed by atoms with Gasteiger partial charge >= 0.3 is 0 Å². The van der Waals surface area contributed by atoms with Gasteiger partial charge in [0.1, 0.15) is 5.82 Å². The molecule has 3 amide bonds. The summed E-state index contributed by atoms with van der Waals surface area (Å²) in [6.45, 7) is -0.270. The van der Waals surface area contributed by atoms with Crippen LogP contribution in [0, 0.1) is 5.82 Å². The summed E-state index contributed by atoms with van der Waals surface area (Å²) in [7, 11) is 0. The molecule has 2 aromatic carbocycles. The van der Waals surface area contributed by atoms with E-state index in [0.29, 0.717) is 11.3 Å². The summed E-state index contributed by atoms with van der Waals surface area (Å²) >= 11 is 0. The van der Waals surface area contributed by atoms with Gasteiger partial charge in [0.15, 0.2) is 0 Å². The normalized spacial score (nSPS) is 13.0. The second-order valence-corrected chi connectivity index (χ2v) is 6.07. The van der Waals surface area contributed by atoms with Crippen LogP contribution in [0.5, 0.6) is 0 Å². The predicted molar refractivity (Wildman–Crippen MR) is 94.3 cm³/mol. The van der Waals surface area contributed by atoms with E-state index in [1.54, 1.807) is 24.3 Å². The van der Waals surface area contributed by atoms with Crippen LogP contribution in [0.1, 0.15) is 33.6 Å². The summed E-state index contributed by atoms with van der Waals surface area (Å²) in [4.78, 5) is 35.9. The highest BCUT2D eigenvalue weighted by Crippen LogP contribution is 2.20. The van der Waals surface area contributed by atoms with E-state index in [9.17, 15) is 18.8 Å². The van der Waals surface area contributed by atoms with Gasteiger partial charge in [0.25, 0.3) is 11.8 Å². The fraction of sp³-hybridized carbons (Fsp3) is 0.211. The third-order valence-corrected chi connectivity index (χ3v) is 3.82. The molecule has 0 radical (unpaired) electrons. The molecule has 7 heteroatoms. The van der Waals surface area contributed by atoms with E-state index >= 15 is 0 Å². The maximum Gasteiger partial charge on any atom is 0.251 e. The Balaban J connectivity index is 1.53. The molecule has 3 rings (SSSR count). The van der Waals surface area contributed by atoms with E-state index in [0.717, 1.165) is 18.9 Å². The lowest BCUT2D eigenvalue weighted by Crippen LogP contribution is -2.33. The van der Waals surface area contributed by atoms with Gasteiger partial charge in [-0.25, -0.2) is 4.39 Å². The van der Waals surface area contributed by atoms with Gasteiger partial charge in [-0.2, -0.15) is 0 Å². The Labute approximate surface area is 149 Å². The van der Waals surface area contributed by atoms with Gasteiger partial charge in [-0.15, -0.1) is 0 Å². The summed E-state index contributed by atoms with van der Waals surface area (Å²) in [5.41, 5.74) is 1.05. The van der Waals surface area contributed by atoms with Gasteiger partial charge in [-0.3, -0.25) is 14.4 Å². The van der Waals surface area contributed by atoms with Crippen molar-refractivity contribution in [2.75, 3.05) is 11.9 Å². The second kappa shape index (κ2) is 7.77. The first-order valence-corrected chi connectivity index (χ1v) is 8.26. The summed E-state index contributed by atoms with van der Waals surface area (Å²) in [6.07, 6.45) is 1.99. The Morgan fingerprint density at radius 3 is 2.35 bits per heavy atom. The smallest absolute Gasteiger partial charge is 0.251 e. The average Bonchev–Trinajstić information content (AvgIpc) is 3.44. The van der Waals surface area contributed by atoms with Crippen molar-refractivity contribution in [2.45, 2.75) is 18.9 Å². The molecule has 26 heavy (non-hydrogen) atoms. The van der Waals surface area contributed by atoms with Gasteiger partial charge < -0.3 is 16.0 Å². The molecule has 0 aliphatic heterocycles. The lowest BCUT2D eigenvalue weighted by Gasteiger charge is -2.09. The first-order valence-electron chi connectivity index (χ1n) is 8.26. The third kappa shape index (κ3) is 4.89. The van der Waals surface area contributed by atoms with E-state index in [1.807, 2.05) is 0 Å². The van der Waals surface area contributed by atoms with Crippen molar-refractivity contribution in [1.82, 2.24) is 10.6 Å². The van der Waals surface area contributed by atoms with Crippen LogP contribution in [0.15, 0.2) is 48.5 Å². The van der Waals surface area contributed by atoms with Gasteiger partial charge in [-0.1, -0.05) is 12.1 Å². The molecule has 1 aliphatic rings. The summed E-state index contributed by atoms with van der Waals surface area (Å²) in [6, 6.07) is 12.0. The number of amides is 3. The molecule has 3 N–H and O–H groups in total. The lowest BCUT2D eigenvalue weighted by molar-refractivity contribution is -0.115. The highest BCUT2D eigenvalue weighted by molar-refractivity contribution is 6.00. The van der Waals surface area contributed by atoms with Gasteiger partial charge in [0.2, 0.25) is 5.91 Å². The minimum Gasteiger partial charge on any atom is -0.349 e. The Morgan fingerprint density at radius 1 is 0.962 bits per heavy atom. The monoisotopic (exact) mass is 355 g/mol. The molecule has 1 aliphatic carbocycles. The SMILES string of the molecule is O=C(CNC(=O)c1cccc(F)c1)Nc1cccc(C(=O)NC2CC2)c1. The molecule has 6 nitrogen and oxygen atoms in total. The first kappa shape index (κ1) is 17.6. The maximum absolute atomic E-state index is 13.1. The Morgan fingerprint density at radius 2 is 1.65 bits per heavy atom. The van der Waals surface area contributed by atoms with Crippen molar-refractivity contribution < 1.29 is 18.8 Å². The standard InChI is InChI=1S/C19H18FN3O3/c20-14-5-1-3-12(9-14)18(25)21-11-17(24)22-16-6-2-4-13(10-16)19(26)23-15-7-8-15/h1-6,9-10,15H,7-8,11H2,(H,21,25)(H,22,24)(H,23,26). The Kier molecular flexibility index (Phi) is 5.26. The fourth-order valence-corrected chi connectivity index (χ4v) is 2.33. The molecule has 0 unspecified atom stereocenters. The zero-order chi connectivity index (χ0) is 18.5. The zero-order valence-corrected chi connectivity index (χ0v) is 13.9. The van der Waals surface area contributed by atoms with Crippen LogP contribution in [0.4, 0.5) is 10.1 Å². The van der Waals surface area contributed by atoms with Crippen LogP contribution in [0.2, 0.25) is 0 Å². The quantitative estimate of drug-likeness (QED) is 0.741. The third-order valence-electron chi connectivity index (χ3n) is 3.82. The molecule has 1 saturated carbocycles. The number of anilines is 1. The van der Waals surface area contributed by atoms with Crippen LogP contribution >= 0.6 is 0 Å². The van der Waals surface area contributed by atoms with Crippen molar-refractivity contribution >= 4 is 23.4 Å². The number of carbonyl (C=O) groups excluding carboxylic acids is 3. The molecule has 134 valence electrons. The molecular formula is C19H18FN3O3. The molecule has 0 saturated heterocycles. The fourth-order valence-electron chi connectivity index (χ4n) is 2.33. The van der Waals surface area contributed by atoms with Crippen molar-refractivity contribution in [3.05, 3.63) is 65.5 Å². The van der Waals surface area contributed by atoms with Gasteiger partial charge in [0, 0.05) is 22.9 Å². The number of rotatable bonds is 6. The summed E-state index contributed by atoms with van der Waals surface area (Å²) in [5.74, 6) is -1.70. The van der Waals surface area contributed by atoms with E-state index in [-0.39, 0.29) is 24.1 Å². The topological polar surface area (TPSA) is 87.3 Å². The van der Waals surface area contributed by atoms with Crippen LogP contribution < -0.4 is 16.0 Å². The molecule has 0 atom stereocenters. The summed E-state index contributed by atoms with van der Waals surface area (Å²) < 4.78 is 13.1. The highest BCUT2D eigenvalue weighted by Gasteiger charge is 2.23.